The molecule has 0 radical (unpaired) electrons. The van der Waals surface area contributed by atoms with Crippen LogP contribution < -0.4 is 5.73 Å². The summed E-state index contributed by atoms with van der Waals surface area (Å²) in [5, 5.41) is 4.14. The maximum absolute atomic E-state index is 6.46. The third kappa shape index (κ3) is 1.99. The van der Waals surface area contributed by atoms with E-state index in [0.29, 0.717) is 11.8 Å². The third-order valence-corrected chi connectivity index (χ3v) is 4.37. The Hall–Kier alpha value is -0.900. The van der Waals surface area contributed by atoms with Crippen LogP contribution in [0.25, 0.3) is 0 Å². The Morgan fingerprint density at radius 1 is 1.29 bits per heavy atom. The monoisotopic (exact) mass is 235 g/mol. The zero-order valence-corrected chi connectivity index (χ0v) is 10.5. The van der Waals surface area contributed by atoms with E-state index in [1.807, 2.05) is 0 Å². The lowest BCUT2D eigenvalue weighted by molar-refractivity contribution is 0.220. The smallest absolute Gasteiger partial charge is 0.229 e. The number of rotatable bonds is 2. The van der Waals surface area contributed by atoms with E-state index in [1.54, 1.807) is 0 Å². The summed E-state index contributed by atoms with van der Waals surface area (Å²) in [6, 6.07) is 0. The fourth-order valence-corrected chi connectivity index (χ4v) is 3.05. The van der Waals surface area contributed by atoms with E-state index >= 15 is 0 Å². The lowest BCUT2D eigenvalue weighted by Gasteiger charge is -2.33. The Bertz CT molecular complexity index is 399. The summed E-state index contributed by atoms with van der Waals surface area (Å²) in [5.74, 6) is 2.72. The average molecular weight is 235 g/mol. The summed E-state index contributed by atoms with van der Waals surface area (Å²) >= 11 is 0. The van der Waals surface area contributed by atoms with Gasteiger partial charge in [-0.3, -0.25) is 0 Å². The second kappa shape index (κ2) is 4.09. The van der Waals surface area contributed by atoms with E-state index in [-0.39, 0.29) is 5.54 Å². The highest BCUT2D eigenvalue weighted by atomic mass is 16.5. The maximum atomic E-state index is 6.46. The molecule has 1 aromatic heterocycles. The van der Waals surface area contributed by atoms with E-state index in [0.717, 1.165) is 24.6 Å². The highest BCUT2D eigenvalue weighted by Crippen LogP contribution is 2.39. The van der Waals surface area contributed by atoms with Gasteiger partial charge in [0, 0.05) is 5.92 Å². The Kier molecular flexibility index (Phi) is 2.69. The van der Waals surface area contributed by atoms with E-state index < -0.39 is 0 Å². The summed E-state index contributed by atoms with van der Waals surface area (Å²) in [7, 11) is 0. The molecule has 2 unspecified atom stereocenters. The van der Waals surface area contributed by atoms with Crippen LogP contribution in [0, 0.1) is 5.92 Å². The van der Waals surface area contributed by atoms with E-state index in [4.69, 9.17) is 10.3 Å². The van der Waals surface area contributed by atoms with E-state index in [1.165, 1.54) is 32.1 Å². The van der Waals surface area contributed by atoms with Gasteiger partial charge in [0.1, 0.15) is 0 Å². The van der Waals surface area contributed by atoms with Crippen LogP contribution in [0.15, 0.2) is 4.52 Å². The molecular weight excluding hydrogens is 214 g/mol. The molecule has 94 valence electrons. The van der Waals surface area contributed by atoms with E-state index in [2.05, 4.69) is 17.1 Å². The predicted molar refractivity (Wildman–Crippen MR) is 64.4 cm³/mol. The Labute approximate surface area is 102 Å². The highest BCUT2D eigenvalue weighted by Gasteiger charge is 2.38. The average Bonchev–Trinajstić information content (AvgIpc) is 2.64. The molecule has 0 saturated heterocycles. The fourth-order valence-electron chi connectivity index (χ4n) is 3.05. The minimum absolute atomic E-state index is 0.344. The van der Waals surface area contributed by atoms with Crippen LogP contribution in [-0.2, 0) is 5.54 Å². The maximum Gasteiger partial charge on any atom is 0.229 e. The number of nitrogens with two attached hydrogens (primary N) is 1. The van der Waals surface area contributed by atoms with E-state index in [9.17, 15) is 0 Å². The predicted octanol–water partition coefficient (Wildman–Crippen LogP) is 2.70. The first-order chi connectivity index (χ1) is 8.17. The van der Waals surface area contributed by atoms with Gasteiger partial charge in [0.25, 0.3) is 0 Å². The van der Waals surface area contributed by atoms with Gasteiger partial charge in [-0.05, 0) is 31.6 Å². The van der Waals surface area contributed by atoms with Gasteiger partial charge in [-0.1, -0.05) is 31.3 Å². The Morgan fingerprint density at radius 3 is 2.76 bits per heavy atom. The van der Waals surface area contributed by atoms with Crippen molar-refractivity contribution in [2.75, 3.05) is 0 Å². The summed E-state index contributed by atoms with van der Waals surface area (Å²) in [6.07, 6.45) is 8.08. The first kappa shape index (κ1) is 11.2. The summed E-state index contributed by atoms with van der Waals surface area (Å²) in [6.45, 7) is 2.26. The minimum Gasteiger partial charge on any atom is -0.339 e. The summed E-state index contributed by atoms with van der Waals surface area (Å²) < 4.78 is 5.38. The van der Waals surface area contributed by atoms with Gasteiger partial charge in [0.15, 0.2) is 5.82 Å². The topological polar surface area (TPSA) is 64.9 Å². The number of aromatic nitrogens is 2. The molecule has 2 fully saturated rings. The molecule has 3 rings (SSSR count). The van der Waals surface area contributed by atoms with Crippen LogP contribution in [0.3, 0.4) is 0 Å². The summed E-state index contributed by atoms with van der Waals surface area (Å²) in [5.41, 5.74) is 6.11. The molecular formula is C13H21N3O. The minimum atomic E-state index is -0.344. The molecule has 2 atom stereocenters. The molecule has 0 bridgehead atoms. The van der Waals surface area contributed by atoms with Crippen molar-refractivity contribution in [2.45, 2.75) is 63.3 Å². The molecule has 4 heteroatoms. The second-order valence-electron chi connectivity index (χ2n) is 5.94. The van der Waals surface area contributed by atoms with Crippen LogP contribution in [-0.4, -0.2) is 10.1 Å². The van der Waals surface area contributed by atoms with Crippen molar-refractivity contribution < 1.29 is 4.52 Å². The van der Waals surface area contributed by atoms with Gasteiger partial charge < -0.3 is 10.3 Å². The third-order valence-electron chi connectivity index (χ3n) is 4.37. The zero-order valence-electron chi connectivity index (χ0n) is 10.5. The standard InChI is InChI=1S/C13H21N3O/c1-9-4-3-7-13(14,8-9)12-15-11(17-16-12)10-5-2-6-10/h9-10H,2-8,14H2,1H3. The number of hydrogen-bond acceptors (Lipinski definition) is 4. The first-order valence-corrected chi connectivity index (χ1v) is 6.80. The molecule has 1 aromatic rings. The van der Waals surface area contributed by atoms with Crippen LogP contribution in [0.5, 0.6) is 0 Å². The molecule has 0 aromatic carbocycles. The first-order valence-electron chi connectivity index (χ1n) is 6.80. The molecule has 0 spiro atoms. The van der Waals surface area contributed by atoms with Crippen molar-refractivity contribution in [2.24, 2.45) is 11.7 Å². The molecule has 2 N–H and O–H groups in total. The Balaban J connectivity index is 1.79. The molecule has 0 amide bonds. The van der Waals surface area contributed by atoms with Gasteiger partial charge in [-0.15, -0.1) is 0 Å². The second-order valence-corrected chi connectivity index (χ2v) is 5.94. The van der Waals surface area contributed by atoms with Crippen molar-refractivity contribution in [3.8, 4) is 0 Å². The SMILES string of the molecule is CC1CCCC(N)(c2noc(C3CCC3)n2)C1. The molecule has 2 saturated carbocycles. The van der Waals surface area contributed by atoms with Crippen LogP contribution in [0.2, 0.25) is 0 Å². The highest BCUT2D eigenvalue weighted by molar-refractivity contribution is 5.08. The molecule has 1 heterocycles. The molecule has 17 heavy (non-hydrogen) atoms. The van der Waals surface area contributed by atoms with Crippen LogP contribution >= 0.6 is 0 Å². The van der Waals surface area contributed by atoms with Gasteiger partial charge in [0.05, 0.1) is 5.54 Å². The van der Waals surface area contributed by atoms with Gasteiger partial charge >= 0.3 is 0 Å². The number of hydrogen-bond donors (Lipinski definition) is 1. The quantitative estimate of drug-likeness (QED) is 0.856. The Morgan fingerprint density at radius 2 is 2.12 bits per heavy atom. The lowest BCUT2D eigenvalue weighted by Crippen LogP contribution is -2.42. The lowest BCUT2D eigenvalue weighted by atomic mass is 9.76. The van der Waals surface area contributed by atoms with Gasteiger partial charge in [-0.2, -0.15) is 4.98 Å². The molecule has 0 aliphatic heterocycles. The molecule has 4 nitrogen and oxygen atoms in total. The van der Waals surface area contributed by atoms with Crippen LogP contribution in [0.4, 0.5) is 0 Å². The largest absolute Gasteiger partial charge is 0.339 e. The summed E-state index contributed by atoms with van der Waals surface area (Å²) in [4.78, 5) is 4.56. The van der Waals surface area contributed by atoms with Crippen molar-refractivity contribution >= 4 is 0 Å². The van der Waals surface area contributed by atoms with Gasteiger partial charge in [0.2, 0.25) is 5.89 Å². The van der Waals surface area contributed by atoms with Crippen molar-refractivity contribution in [3.63, 3.8) is 0 Å². The molecule has 2 aliphatic carbocycles. The van der Waals surface area contributed by atoms with Crippen LogP contribution in [0.1, 0.15) is 69.5 Å². The normalized spacial score (nSPS) is 34.6. The van der Waals surface area contributed by atoms with Crippen molar-refractivity contribution in [1.29, 1.82) is 0 Å². The van der Waals surface area contributed by atoms with Gasteiger partial charge in [-0.25, -0.2) is 0 Å². The molecule has 2 aliphatic rings. The number of nitrogens with zero attached hydrogens (tertiary/aromatic N) is 2. The van der Waals surface area contributed by atoms with Crippen molar-refractivity contribution in [3.05, 3.63) is 11.7 Å². The van der Waals surface area contributed by atoms with Crippen molar-refractivity contribution in [1.82, 2.24) is 10.1 Å². The zero-order chi connectivity index (χ0) is 11.9. The fraction of sp³-hybridized carbons (Fsp3) is 0.846.